The van der Waals surface area contributed by atoms with Crippen LogP contribution in [0.3, 0.4) is 0 Å². The smallest absolute Gasteiger partial charge is 0.407 e. The zero-order valence-corrected chi connectivity index (χ0v) is 12.3. The molecule has 1 aromatic heterocycles. The number of hydrogen-bond donors (Lipinski definition) is 2. The Morgan fingerprint density at radius 1 is 1.47 bits per heavy atom. The third-order valence-corrected chi connectivity index (χ3v) is 2.39. The summed E-state index contributed by atoms with van der Waals surface area (Å²) in [5.74, 6) is 0. The van der Waals surface area contributed by atoms with Gasteiger partial charge in [0.25, 0.3) is 0 Å². The highest BCUT2D eigenvalue weighted by Gasteiger charge is 2.16. The summed E-state index contributed by atoms with van der Waals surface area (Å²) in [6.45, 7) is 10.0. The van der Waals surface area contributed by atoms with Crippen molar-refractivity contribution in [3.63, 3.8) is 0 Å². The molecule has 0 spiro atoms. The van der Waals surface area contributed by atoms with Crippen LogP contribution in [-0.2, 0) is 4.74 Å². The Hall–Kier alpha value is -1.78. The van der Waals surface area contributed by atoms with E-state index in [0.717, 1.165) is 11.3 Å². The van der Waals surface area contributed by atoms with Gasteiger partial charge in [0, 0.05) is 18.8 Å². The first-order valence-electron chi connectivity index (χ1n) is 6.42. The standard InChI is InChI=1S/C14H23N3O2/c1-10-6-7-15-9-12(10)17-11(2)8-16-13(18)19-14(3,4)5/h6-7,9,11,17H,8H2,1-5H3,(H,16,18). The van der Waals surface area contributed by atoms with E-state index in [0.29, 0.717) is 6.54 Å². The van der Waals surface area contributed by atoms with E-state index in [9.17, 15) is 4.79 Å². The molecule has 0 aliphatic carbocycles. The zero-order valence-electron chi connectivity index (χ0n) is 12.3. The van der Waals surface area contributed by atoms with Crippen molar-refractivity contribution in [1.29, 1.82) is 0 Å². The molecule has 0 aliphatic rings. The molecule has 5 heteroatoms. The number of anilines is 1. The summed E-state index contributed by atoms with van der Waals surface area (Å²) in [5.41, 5.74) is 1.63. The average Bonchev–Trinajstić information content (AvgIpc) is 2.27. The second kappa shape index (κ2) is 6.41. The predicted octanol–water partition coefficient (Wildman–Crippen LogP) is 2.72. The van der Waals surface area contributed by atoms with Gasteiger partial charge in [-0.2, -0.15) is 0 Å². The van der Waals surface area contributed by atoms with E-state index in [4.69, 9.17) is 4.74 Å². The summed E-state index contributed by atoms with van der Waals surface area (Å²) < 4.78 is 5.17. The number of pyridine rings is 1. The second-order valence-electron chi connectivity index (χ2n) is 5.62. The molecule has 1 heterocycles. The van der Waals surface area contributed by atoms with Crippen LogP contribution in [0.2, 0.25) is 0 Å². The number of carbonyl (C=O) groups is 1. The summed E-state index contributed by atoms with van der Waals surface area (Å²) in [6, 6.07) is 2.03. The zero-order chi connectivity index (χ0) is 14.5. The molecule has 1 amide bonds. The molecule has 1 rings (SSSR count). The van der Waals surface area contributed by atoms with Crippen LogP contribution in [0.25, 0.3) is 0 Å². The number of nitrogens with one attached hydrogen (secondary N) is 2. The first kappa shape index (κ1) is 15.3. The summed E-state index contributed by atoms with van der Waals surface area (Å²) in [4.78, 5) is 15.6. The Kier molecular flexibility index (Phi) is 5.15. The molecular weight excluding hydrogens is 242 g/mol. The van der Waals surface area contributed by atoms with Crippen molar-refractivity contribution < 1.29 is 9.53 Å². The third kappa shape index (κ3) is 6.08. The Balaban J connectivity index is 2.38. The number of nitrogens with zero attached hydrogens (tertiary/aromatic N) is 1. The van der Waals surface area contributed by atoms with Crippen molar-refractivity contribution >= 4 is 11.8 Å². The molecule has 2 N–H and O–H groups in total. The fourth-order valence-electron chi connectivity index (χ4n) is 1.48. The van der Waals surface area contributed by atoms with Crippen LogP contribution < -0.4 is 10.6 Å². The van der Waals surface area contributed by atoms with Crippen LogP contribution in [-0.4, -0.2) is 29.3 Å². The van der Waals surface area contributed by atoms with E-state index < -0.39 is 11.7 Å². The molecule has 1 unspecified atom stereocenters. The van der Waals surface area contributed by atoms with Crippen LogP contribution in [0, 0.1) is 6.92 Å². The Morgan fingerprint density at radius 3 is 2.74 bits per heavy atom. The molecule has 5 nitrogen and oxygen atoms in total. The quantitative estimate of drug-likeness (QED) is 0.878. The van der Waals surface area contributed by atoms with Gasteiger partial charge in [0.1, 0.15) is 5.60 Å². The van der Waals surface area contributed by atoms with E-state index in [1.165, 1.54) is 0 Å². The molecule has 0 saturated heterocycles. The van der Waals surface area contributed by atoms with Gasteiger partial charge in [-0.1, -0.05) is 0 Å². The fraction of sp³-hybridized carbons (Fsp3) is 0.571. The molecule has 1 atom stereocenters. The Morgan fingerprint density at radius 2 is 2.16 bits per heavy atom. The van der Waals surface area contributed by atoms with Gasteiger partial charge in [-0.25, -0.2) is 4.79 Å². The summed E-state index contributed by atoms with van der Waals surface area (Å²) in [7, 11) is 0. The Labute approximate surface area is 114 Å². The van der Waals surface area contributed by atoms with Gasteiger partial charge in [-0.05, 0) is 46.2 Å². The molecule has 0 saturated carbocycles. The lowest BCUT2D eigenvalue weighted by Crippen LogP contribution is -2.38. The molecule has 106 valence electrons. The lowest BCUT2D eigenvalue weighted by Gasteiger charge is -2.21. The maximum Gasteiger partial charge on any atom is 0.407 e. The molecule has 0 aromatic carbocycles. The monoisotopic (exact) mass is 265 g/mol. The topological polar surface area (TPSA) is 63.2 Å². The number of carbonyl (C=O) groups excluding carboxylic acids is 1. The molecule has 1 aromatic rings. The van der Waals surface area contributed by atoms with E-state index in [-0.39, 0.29) is 6.04 Å². The summed E-state index contributed by atoms with van der Waals surface area (Å²) in [6.07, 6.45) is 3.13. The second-order valence-corrected chi connectivity index (χ2v) is 5.62. The number of rotatable bonds is 4. The molecular formula is C14H23N3O2. The largest absolute Gasteiger partial charge is 0.444 e. The minimum atomic E-state index is -0.472. The maximum absolute atomic E-state index is 11.5. The predicted molar refractivity (Wildman–Crippen MR) is 76.3 cm³/mol. The van der Waals surface area contributed by atoms with Crippen molar-refractivity contribution in [2.45, 2.75) is 46.3 Å². The van der Waals surface area contributed by atoms with E-state index >= 15 is 0 Å². The Bertz CT molecular complexity index is 427. The molecule has 0 bridgehead atoms. The summed E-state index contributed by atoms with van der Waals surface area (Å²) in [5, 5.41) is 6.03. The first-order valence-corrected chi connectivity index (χ1v) is 6.42. The molecule has 0 aliphatic heterocycles. The fourth-order valence-corrected chi connectivity index (χ4v) is 1.48. The molecule has 0 fully saturated rings. The van der Waals surface area contributed by atoms with Gasteiger partial charge < -0.3 is 15.4 Å². The van der Waals surface area contributed by atoms with Crippen LogP contribution in [0.4, 0.5) is 10.5 Å². The van der Waals surface area contributed by atoms with Crippen molar-refractivity contribution in [3.05, 3.63) is 24.0 Å². The van der Waals surface area contributed by atoms with Crippen molar-refractivity contribution in [2.75, 3.05) is 11.9 Å². The van der Waals surface area contributed by atoms with Crippen LogP contribution >= 0.6 is 0 Å². The molecule has 19 heavy (non-hydrogen) atoms. The van der Waals surface area contributed by atoms with Crippen molar-refractivity contribution in [1.82, 2.24) is 10.3 Å². The van der Waals surface area contributed by atoms with E-state index in [2.05, 4.69) is 15.6 Å². The normalized spacial score (nSPS) is 12.7. The first-order chi connectivity index (χ1) is 8.78. The van der Waals surface area contributed by atoms with Gasteiger partial charge in [-0.15, -0.1) is 0 Å². The number of ether oxygens (including phenoxy) is 1. The highest BCUT2D eigenvalue weighted by molar-refractivity contribution is 5.67. The average molecular weight is 265 g/mol. The SMILES string of the molecule is Cc1ccncc1NC(C)CNC(=O)OC(C)(C)C. The highest BCUT2D eigenvalue weighted by atomic mass is 16.6. The lowest BCUT2D eigenvalue weighted by molar-refractivity contribution is 0.0526. The van der Waals surface area contributed by atoms with Gasteiger partial charge in [0.05, 0.1) is 11.9 Å². The van der Waals surface area contributed by atoms with E-state index in [1.54, 1.807) is 12.4 Å². The number of amides is 1. The minimum Gasteiger partial charge on any atom is -0.444 e. The van der Waals surface area contributed by atoms with Gasteiger partial charge >= 0.3 is 6.09 Å². The summed E-state index contributed by atoms with van der Waals surface area (Å²) >= 11 is 0. The van der Waals surface area contributed by atoms with E-state index in [1.807, 2.05) is 40.7 Å². The van der Waals surface area contributed by atoms with Crippen LogP contribution in [0.5, 0.6) is 0 Å². The minimum absolute atomic E-state index is 0.0930. The number of alkyl carbamates (subject to hydrolysis) is 1. The lowest BCUT2D eigenvalue weighted by atomic mass is 10.2. The van der Waals surface area contributed by atoms with Crippen molar-refractivity contribution in [2.24, 2.45) is 0 Å². The maximum atomic E-state index is 11.5. The number of hydrogen-bond acceptors (Lipinski definition) is 4. The van der Waals surface area contributed by atoms with Crippen molar-refractivity contribution in [3.8, 4) is 0 Å². The van der Waals surface area contributed by atoms with Crippen LogP contribution in [0.15, 0.2) is 18.5 Å². The van der Waals surface area contributed by atoms with Gasteiger partial charge in [0.15, 0.2) is 0 Å². The third-order valence-electron chi connectivity index (χ3n) is 2.39. The molecule has 0 radical (unpaired) electrons. The number of aryl methyl sites for hydroxylation is 1. The van der Waals surface area contributed by atoms with Crippen LogP contribution in [0.1, 0.15) is 33.3 Å². The number of aromatic nitrogens is 1. The van der Waals surface area contributed by atoms with Gasteiger partial charge in [0.2, 0.25) is 0 Å². The highest BCUT2D eigenvalue weighted by Crippen LogP contribution is 2.12. The van der Waals surface area contributed by atoms with Gasteiger partial charge in [-0.3, -0.25) is 4.98 Å².